The fourth-order valence-corrected chi connectivity index (χ4v) is 2.74. The molecule has 2 unspecified atom stereocenters. The topological polar surface area (TPSA) is 59.2 Å². The third kappa shape index (κ3) is 4.46. The van der Waals surface area contributed by atoms with Crippen molar-refractivity contribution in [3.8, 4) is 0 Å². The number of aromatic nitrogens is 1. The molecule has 2 rings (SSSR count). The number of carbonyl (C=O) groups excluding carboxylic acids is 1. The van der Waals surface area contributed by atoms with Crippen LogP contribution in [0.3, 0.4) is 0 Å². The van der Waals surface area contributed by atoms with Crippen molar-refractivity contribution in [3.63, 3.8) is 0 Å². The van der Waals surface area contributed by atoms with Crippen LogP contribution >= 0.6 is 12.4 Å². The number of nitrogens with zero attached hydrogens (tertiary/aromatic N) is 2. The SMILES string of the molecule is CC(N)C1CCCCN1C(=O)CCc1ccccn1.Cl. The van der Waals surface area contributed by atoms with Crippen LogP contribution in [0.1, 0.15) is 38.3 Å². The average molecular weight is 298 g/mol. The summed E-state index contributed by atoms with van der Waals surface area (Å²) in [6, 6.07) is 6.08. The van der Waals surface area contributed by atoms with Gasteiger partial charge in [-0.1, -0.05) is 6.07 Å². The Morgan fingerprint density at radius 2 is 2.30 bits per heavy atom. The maximum absolute atomic E-state index is 12.3. The van der Waals surface area contributed by atoms with Crippen LogP contribution in [0.5, 0.6) is 0 Å². The lowest BCUT2D eigenvalue weighted by Gasteiger charge is -2.38. The quantitative estimate of drug-likeness (QED) is 0.926. The Morgan fingerprint density at radius 3 is 2.95 bits per heavy atom. The number of hydrogen-bond acceptors (Lipinski definition) is 3. The summed E-state index contributed by atoms with van der Waals surface area (Å²) >= 11 is 0. The molecule has 1 amide bonds. The average Bonchev–Trinajstić information content (AvgIpc) is 2.46. The summed E-state index contributed by atoms with van der Waals surface area (Å²) in [4.78, 5) is 18.6. The van der Waals surface area contributed by atoms with Gasteiger partial charge in [-0.15, -0.1) is 12.4 Å². The van der Waals surface area contributed by atoms with Gasteiger partial charge in [-0.2, -0.15) is 0 Å². The summed E-state index contributed by atoms with van der Waals surface area (Å²) in [7, 11) is 0. The molecule has 1 aromatic heterocycles. The minimum absolute atomic E-state index is 0. The predicted molar refractivity (Wildman–Crippen MR) is 82.8 cm³/mol. The molecular weight excluding hydrogens is 274 g/mol. The van der Waals surface area contributed by atoms with Crippen molar-refractivity contribution in [1.82, 2.24) is 9.88 Å². The molecule has 4 nitrogen and oxygen atoms in total. The molecule has 1 fully saturated rings. The Labute approximate surface area is 127 Å². The molecule has 2 atom stereocenters. The highest BCUT2D eigenvalue weighted by Gasteiger charge is 2.28. The first kappa shape index (κ1) is 16.9. The zero-order chi connectivity index (χ0) is 13.7. The maximum Gasteiger partial charge on any atom is 0.223 e. The fourth-order valence-electron chi connectivity index (χ4n) is 2.74. The molecule has 1 aromatic rings. The number of aryl methyl sites for hydroxylation is 1. The van der Waals surface area contributed by atoms with E-state index >= 15 is 0 Å². The minimum Gasteiger partial charge on any atom is -0.338 e. The number of pyridine rings is 1. The number of carbonyl (C=O) groups is 1. The minimum atomic E-state index is 0. The van der Waals surface area contributed by atoms with Crippen LogP contribution in [0.4, 0.5) is 0 Å². The van der Waals surface area contributed by atoms with Crippen molar-refractivity contribution in [2.24, 2.45) is 5.73 Å². The molecule has 1 aliphatic heterocycles. The highest BCUT2D eigenvalue weighted by Crippen LogP contribution is 2.20. The first-order valence-corrected chi connectivity index (χ1v) is 7.13. The second kappa shape index (κ2) is 8.22. The molecule has 1 saturated heterocycles. The van der Waals surface area contributed by atoms with E-state index in [2.05, 4.69) is 4.98 Å². The fraction of sp³-hybridized carbons (Fsp3) is 0.600. The van der Waals surface area contributed by atoms with Gasteiger partial charge in [0.15, 0.2) is 0 Å². The van der Waals surface area contributed by atoms with Gasteiger partial charge >= 0.3 is 0 Å². The normalized spacial score (nSPS) is 20.1. The van der Waals surface area contributed by atoms with Crippen molar-refractivity contribution >= 4 is 18.3 Å². The number of halogens is 1. The van der Waals surface area contributed by atoms with Gasteiger partial charge in [0.05, 0.1) is 0 Å². The molecule has 5 heteroatoms. The molecule has 0 aromatic carbocycles. The van der Waals surface area contributed by atoms with Crippen LogP contribution in [0.15, 0.2) is 24.4 Å². The van der Waals surface area contributed by atoms with Gasteiger partial charge in [-0.05, 0) is 44.7 Å². The van der Waals surface area contributed by atoms with Crippen molar-refractivity contribution in [2.45, 2.75) is 51.1 Å². The first-order chi connectivity index (χ1) is 9.18. The van der Waals surface area contributed by atoms with Crippen molar-refractivity contribution in [2.75, 3.05) is 6.54 Å². The standard InChI is InChI=1S/C15H23N3O.ClH/c1-12(16)14-7-3-5-11-18(14)15(19)9-8-13-6-2-4-10-17-13;/h2,4,6,10,12,14H,3,5,7-9,11,16H2,1H3;1H. The molecule has 0 aliphatic carbocycles. The van der Waals surface area contributed by atoms with Gasteiger partial charge in [0, 0.05) is 36.9 Å². The van der Waals surface area contributed by atoms with Gasteiger partial charge in [0.1, 0.15) is 0 Å². The van der Waals surface area contributed by atoms with Crippen LogP contribution in [-0.2, 0) is 11.2 Å². The summed E-state index contributed by atoms with van der Waals surface area (Å²) in [5, 5.41) is 0. The molecule has 0 spiro atoms. The van der Waals surface area contributed by atoms with E-state index in [4.69, 9.17) is 5.73 Å². The lowest BCUT2D eigenvalue weighted by molar-refractivity contribution is -0.135. The van der Waals surface area contributed by atoms with E-state index in [0.29, 0.717) is 12.8 Å². The van der Waals surface area contributed by atoms with Crippen LogP contribution in [0, 0.1) is 0 Å². The van der Waals surface area contributed by atoms with Crippen LogP contribution < -0.4 is 5.73 Å². The van der Waals surface area contributed by atoms with Gasteiger partial charge in [0.25, 0.3) is 0 Å². The Kier molecular flexibility index (Phi) is 6.96. The van der Waals surface area contributed by atoms with Gasteiger partial charge < -0.3 is 10.6 Å². The summed E-state index contributed by atoms with van der Waals surface area (Å²) in [6.45, 7) is 2.85. The molecule has 1 aliphatic rings. The zero-order valence-electron chi connectivity index (χ0n) is 12.0. The van der Waals surface area contributed by atoms with E-state index in [1.54, 1.807) is 6.20 Å². The van der Waals surface area contributed by atoms with Crippen molar-refractivity contribution < 1.29 is 4.79 Å². The maximum atomic E-state index is 12.3. The van der Waals surface area contributed by atoms with Crippen molar-refractivity contribution in [3.05, 3.63) is 30.1 Å². The molecule has 0 saturated carbocycles. The van der Waals surface area contributed by atoms with Gasteiger partial charge in [-0.25, -0.2) is 0 Å². The summed E-state index contributed by atoms with van der Waals surface area (Å²) in [6.07, 6.45) is 6.31. The molecule has 112 valence electrons. The van der Waals surface area contributed by atoms with Crippen molar-refractivity contribution in [1.29, 1.82) is 0 Å². The summed E-state index contributed by atoms with van der Waals surface area (Å²) in [5.41, 5.74) is 6.97. The molecule has 2 heterocycles. The summed E-state index contributed by atoms with van der Waals surface area (Å²) < 4.78 is 0. The molecule has 0 radical (unpaired) electrons. The largest absolute Gasteiger partial charge is 0.338 e. The number of rotatable bonds is 4. The number of amides is 1. The molecule has 2 N–H and O–H groups in total. The lowest BCUT2D eigenvalue weighted by atomic mass is 9.96. The second-order valence-corrected chi connectivity index (χ2v) is 5.33. The van der Waals surface area contributed by atoms with Gasteiger partial charge in [0.2, 0.25) is 5.91 Å². The second-order valence-electron chi connectivity index (χ2n) is 5.33. The molecular formula is C15H24ClN3O. The molecule has 20 heavy (non-hydrogen) atoms. The highest BCUT2D eigenvalue weighted by molar-refractivity contribution is 5.85. The smallest absolute Gasteiger partial charge is 0.223 e. The van der Waals surface area contributed by atoms with Crippen LogP contribution in [0.2, 0.25) is 0 Å². The third-order valence-corrected chi connectivity index (χ3v) is 3.80. The van der Waals surface area contributed by atoms with E-state index in [1.807, 2.05) is 30.0 Å². The van der Waals surface area contributed by atoms with Crippen LogP contribution in [0.25, 0.3) is 0 Å². The van der Waals surface area contributed by atoms with Gasteiger partial charge in [-0.3, -0.25) is 9.78 Å². The number of piperidine rings is 1. The van der Waals surface area contributed by atoms with E-state index in [0.717, 1.165) is 25.1 Å². The number of hydrogen-bond donors (Lipinski definition) is 1. The Bertz CT molecular complexity index is 411. The predicted octanol–water partition coefficient (Wildman–Crippen LogP) is 2.16. The van der Waals surface area contributed by atoms with E-state index in [1.165, 1.54) is 6.42 Å². The van der Waals surface area contributed by atoms with Crippen LogP contribution in [-0.4, -0.2) is 34.4 Å². The third-order valence-electron chi connectivity index (χ3n) is 3.80. The van der Waals surface area contributed by atoms with E-state index < -0.39 is 0 Å². The Balaban J connectivity index is 0.00000200. The van der Waals surface area contributed by atoms with E-state index in [-0.39, 0.29) is 30.4 Å². The first-order valence-electron chi connectivity index (χ1n) is 7.13. The Morgan fingerprint density at radius 1 is 1.50 bits per heavy atom. The number of nitrogens with two attached hydrogens (primary N) is 1. The summed E-state index contributed by atoms with van der Waals surface area (Å²) in [5.74, 6) is 0.215. The van der Waals surface area contributed by atoms with E-state index in [9.17, 15) is 4.79 Å². The zero-order valence-corrected chi connectivity index (χ0v) is 12.8. The number of likely N-dealkylation sites (tertiary alicyclic amines) is 1. The monoisotopic (exact) mass is 297 g/mol. The Hall–Kier alpha value is -1.13. The lowest BCUT2D eigenvalue weighted by Crippen LogP contribution is -2.51. The molecule has 0 bridgehead atoms. The highest BCUT2D eigenvalue weighted by atomic mass is 35.5.